The summed E-state index contributed by atoms with van der Waals surface area (Å²) in [4.78, 5) is 16.3. The molecule has 8 heteroatoms. The molecule has 0 bridgehead atoms. The van der Waals surface area contributed by atoms with Crippen LogP contribution in [0.1, 0.15) is 22.3 Å². The van der Waals surface area contributed by atoms with Gasteiger partial charge in [0.1, 0.15) is 11.6 Å². The monoisotopic (exact) mass is 377 g/mol. The Kier molecular flexibility index (Phi) is 5.51. The number of hydrogen-bond acceptors (Lipinski definition) is 5. The maximum absolute atomic E-state index is 12.8. The van der Waals surface area contributed by atoms with Gasteiger partial charge < -0.3 is 10.6 Å². The van der Waals surface area contributed by atoms with Crippen LogP contribution in [0.4, 0.5) is 10.2 Å². The quantitative estimate of drug-likeness (QED) is 0.801. The number of benzene rings is 1. The van der Waals surface area contributed by atoms with Crippen LogP contribution in [-0.4, -0.2) is 43.4 Å². The minimum absolute atomic E-state index is 0.111. The molecule has 1 aromatic carbocycles. The molecule has 1 saturated heterocycles. The van der Waals surface area contributed by atoms with Crippen LogP contribution >= 0.6 is 0 Å². The van der Waals surface area contributed by atoms with Crippen LogP contribution in [0.3, 0.4) is 0 Å². The van der Waals surface area contributed by atoms with Crippen molar-refractivity contribution in [1.29, 1.82) is 0 Å². The molecule has 0 aliphatic carbocycles. The standard InChI is InChI=1S/C18H20FN3O3S/c19-15-4-1-13(2-5-15)7-9-20-18(23)14-3-6-17(21-11-14)22-16-8-10-26(24,25)12-16/h1-6,11,16H,7-10,12H2,(H,20,23)(H,21,22). The molecule has 0 saturated carbocycles. The number of carbonyl (C=O) groups is 1. The minimum Gasteiger partial charge on any atom is -0.366 e. The fraction of sp³-hybridized carbons (Fsp3) is 0.333. The van der Waals surface area contributed by atoms with Crippen molar-refractivity contribution in [3.05, 3.63) is 59.5 Å². The Labute approximate surface area is 151 Å². The molecule has 1 aliphatic rings. The number of nitrogens with zero attached hydrogens (tertiary/aromatic N) is 1. The van der Waals surface area contributed by atoms with Crippen LogP contribution < -0.4 is 10.6 Å². The number of halogens is 1. The third-order valence-electron chi connectivity index (χ3n) is 4.22. The van der Waals surface area contributed by atoms with Crippen LogP contribution in [0.2, 0.25) is 0 Å². The van der Waals surface area contributed by atoms with Gasteiger partial charge in [-0.05, 0) is 42.7 Å². The highest BCUT2D eigenvalue weighted by Gasteiger charge is 2.27. The van der Waals surface area contributed by atoms with E-state index in [0.717, 1.165) is 5.56 Å². The van der Waals surface area contributed by atoms with E-state index in [1.807, 2.05) is 0 Å². The highest BCUT2D eigenvalue weighted by Crippen LogP contribution is 2.16. The molecule has 1 fully saturated rings. The van der Waals surface area contributed by atoms with Crippen LogP contribution in [0.25, 0.3) is 0 Å². The van der Waals surface area contributed by atoms with E-state index in [1.165, 1.54) is 18.3 Å². The van der Waals surface area contributed by atoms with E-state index in [4.69, 9.17) is 0 Å². The molecule has 0 radical (unpaired) electrons. The first-order valence-electron chi connectivity index (χ1n) is 8.37. The zero-order valence-electron chi connectivity index (χ0n) is 14.1. The Hall–Kier alpha value is -2.48. The van der Waals surface area contributed by atoms with Gasteiger partial charge in [-0.1, -0.05) is 12.1 Å². The average molecular weight is 377 g/mol. The van der Waals surface area contributed by atoms with Crippen molar-refractivity contribution in [2.75, 3.05) is 23.4 Å². The predicted molar refractivity (Wildman–Crippen MR) is 97.4 cm³/mol. The molecular weight excluding hydrogens is 357 g/mol. The van der Waals surface area contributed by atoms with Gasteiger partial charge in [0.25, 0.3) is 5.91 Å². The Morgan fingerprint density at radius 3 is 2.58 bits per heavy atom. The zero-order chi connectivity index (χ0) is 18.6. The first-order chi connectivity index (χ1) is 12.4. The summed E-state index contributed by atoms with van der Waals surface area (Å²) in [6.07, 6.45) is 2.63. The van der Waals surface area contributed by atoms with Crippen LogP contribution in [0.5, 0.6) is 0 Å². The first kappa shape index (κ1) is 18.3. The fourth-order valence-electron chi connectivity index (χ4n) is 2.81. The number of nitrogens with one attached hydrogen (secondary N) is 2. The summed E-state index contributed by atoms with van der Waals surface area (Å²) in [5, 5.41) is 5.87. The van der Waals surface area contributed by atoms with Gasteiger partial charge >= 0.3 is 0 Å². The number of anilines is 1. The number of carbonyl (C=O) groups excluding carboxylic acids is 1. The summed E-state index contributed by atoms with van der Waals surface area (Å²) in [6, 6.07) is 9.33. The van der Waals surface area contributed by atoms with Crippen molar-refractivity contribution in [2.24, 2.45) is 0 Å². The van der Waals surface area contributed by atoms with Gasteiger partial charge in [0, 0.05) is 18.8 Å². The smallest absolute Gasteiger partial charge is 0.252 e. The molecule has 2 aromatic rings. The maximum Gasteiger partial charge on any atom is 0.252 e. The average Bonchev–Trinajstić information content (AvgIpc) is 2.96. The number of sulfone groups is 1. The molecule has 138 valence electrons. The van der Waals surface area contributed by atoms with Crippen molar-refractivity contribution in [3.63, 3.8) is 0 Å². The number of aromatic nitrogens is 1. The first-order valence-corrected chi connectivity index (χ1v) is 10.2. The lowest BCUT2D eigenvalue weighted by Crippen LogP contribution is -2.26. The largest absolute Gasteiger partial charge is 0.366 e. The third-order valence-corrected chi connectivity index (χ3v) is 5.99. The lowest BCUT2D eigenvalue weighted by Gasteiger charge is -2.11. The van der Waals surface area contributed by atoms with Gasteiger partial charge in [0.2, 0.25) is 0 Å². The topological polar surface area (TPSA) is 88.2 Å². The Bertz CT molecular complexity index is 868. The van der Waals surface area contributed by atoms with Crippen LogP contribution in [-0.2, 0) is 16.3 Å². The Morgan fingerprint density at radius 1 is 1.19 bits per heavy atom. The van der Waals surface area contributed by atoms with Gasteiger partial charge in [-0.2, -0.15) is 0 Å². The summed E-state index contributed by atoms with van der Waals surface area (Å²) in [5.74, 6) is 0.330. The molecule has 0 spiro atoms. The van der Waals surface area contributed by atoms with Gasteiger partial charge in [-0.15, -0.1) is 0 Å². The SMILES string of the molecule is O=C(NCCc1ccc(F)cc1)c1ccc(NC2CCS(=O)(=O)C2)nc1. The zero-order valence-corrected chi connectivity index (χ0v) is 14.9. The third kappa shape index (κ3) is 5.01. The lowest BCUT2D eigenvalue weighted by atomic mass is 10.1. The van der Waals surface area contributed by atoms with E-state index in [0.29, 0.717) is 30.8 Å². The minimum atomic E-state index is -2.95. The number of pyridine rings is 1. The van der Waals surface area contributed by atoms with E-state index in [1.54, 1.807) is 24.3 Å². The van der Waals surface area contributed by atoms with E-state index in [2.05, 4.69) is 15.6 Å². The predicted octanol–water partition coefficient (Wildman–Crippen LogP) is 1.79. The van der Waals surface area contributed by atoms with Crippen molar-refractivity contribution >= 4 is 21.6 Å². The highest BCUT2D eigenvalue weighted by atomic mass is 32.2. The summed E-state index contributed by atoms with van der Waals surface area (Å²) >= 11 is 0. The molecule has 1 atom stereocenters. The molecule has 2 N–H and O–H groups in total. The maximum atomic E-state index is 12.8. The molecule has 2 heterocycles. The Balaban J connectivity index is 1.48. The van der Waals surface area contributed by atoms with E-state index in [9.17, 15) is 17.6 Å². The number of hydrogen-bond donors (Lipinski definition) is 2. The summed E-state index contributed by atoms with van der Waals surface area (Å²) < 4.78 is 35.8. The summed E-state index contributed by atoms with van der Waals surface area (Å²) in [7, 11) is -2.95. The van der Waals surface area contributed by atoms with E-state index >= 15 is 0 Å². The number of amides is 1. The van der Waals surface area contributed by atoms with Crippen LogP contribution in [0.15, 0.2) is 42.6 Å². The molecule has 1 amide bonds. The van der Waals surface area contributed by atoms with Crippen molar-refractivity contribution < 1.29 is 17.6 Å². The van der Waals surface area contributed by atoms with Crippen molar-refractivity contribution in [3.8, 4) is 0 Å². The number of rotatable bonds is 6. The van der Waals surface area contributed by atoms with Gasteiger partial charge in [-0.25, -0.2) is 17.8 Å². The molecule has 1 aliphatic heterocycles. The Morgan fingerprint density at radius 2 is 1.96 bits per heavy atom. The van der Waals surface area contributed by atoms with E-state index < -0.39 is 9.84 Å². The summed E-state index contributed by atoms with van der Waals surface area (Å²) in [6.45, 7) is 0.435. The van der Waals surface area contributed by atoms with Gasteiger partial charge in [-0.3, -0.25) is 4.79 Å². The molecule has 6 nitrogen and oxygen atoms in total. The molecular formula is C18H20FN3O3S. The normalized spacial score (nSPS) is 18.4. The molecule has 3 rings (SSSR count). The molecule has 1 unspecified atom stereocenters. The second kappa shape index (κ2) is 7.82. The van der Waals surface area contributed by atoms with Crippen molar-refractivity contribution in [2.45, 2.75) is 18.9 Å². The summed E-state index contributed by atoms with van der Waals surface area (Å²) in [5.41, 5.74) is 1.37. The second-order valence-corrected chi connectivity index (χ2v) is 8.54. The van der Waals surface area contributed by atoms with E-state index in [-0.39, 0.29) is 29.3 Å². The molecule has 1 aromatic heterocycles. The highest BCUT2D eigenvalue weighted by molar-refractivity contribution is 7.91. The van der Waals surface area contributed by atoms with Crippen LogP contribution in [0, 0.1) is 5.82 Å². The molecule has 26 heavy (non-hydrogen) atoms. The van der Waals surface area contributed by atoms with Gasteiger partial charge in [0.15, 0.2) is 9.84 Å². The lowest BCUT2D eigenvalue weighted by molar-refractivity contribution is 0.0954. The second-order valence-electron chi connectivity index (χ2n) is 6.31. The van der Waals surface area contributed by atoms with Crippen molar-refractivity contribution in [1.82, 2.24) is 10.3 Å². The fourth-order valence-corrected chi connectivity index (χ4v) is 4.48. The van der Waals surface area contributed by atoms with Gasteiger partial charge in [0.05, 0.1) is 17.1 Å².